The maximum absolute atomic E-state index is 13.8. The molecule has 198 valence electrons. The smallest absolute Gasteiger partial charge is 0.434 e. The Hall–Kier alpha value is -4.53. The summed E-state index contributed by atoms with van der Waals surface area (Å²) < 4.78 is 72.5. The molecular formula is C23H19F3N6O5S. The second-order valence-corrected chi connectivity index (χ2v) is 9.63. The first kappa shape index (κ1) is 26.5. The summed E-state index contributed by atoms with van der Waals surface area (Å²) in [6.45, 7) is 1.39. The van der Waals surface area contributed by atoms with E-state index in [9.17, 15) is 31.2 Å². The number of rotatable bonds is 7. The van der Waals surface area contributed by atoms with Gasteiger partial charge < -0.3 is 4.74 Å². The number of benzene rings is 2. The van der Waals surface area contributed by atoms with Gasteiger partial charge in [0.1, 0.15) is 11.3 Å². The third-order valence-electron chi connectivity index (χ3n) is 5.08. The van der Waals surface area contributed by atoms with E-state index in [0.29, 0.717) is 21.6 Å². The number of nitrogens with one attached hydrogen (secondary N) is 1. The van der Waals surface area contributed by atoms with E-state index in [1.54, 1.807) is 12.1 Å². The van der Waals surface area contributed by atoms with Gasteiger partial charge in [0.15, 0.2) is 5.69 Å². The number of hydrogen-bond acceptors (Lipinski definition) is 8. The number of sulfonamides is 1. The van der Waals surface area contributed by atoms with Crippen LogP contribution in [0.3, 0.4) is 0 Å². The number of carbonyl (C=O) groups is 2. The number of esters is 1. The Morgan fingerprint density at radius 3 is 2.39 bits per heavy atom. The van der Waals surface area contributed by atoms with E-state index in [2.05, 4.69) is 15.4 Å². The number of alkyl halides is 3. The molecule has 4 aromatic rings. The summed E-state index contributed by atoms with van der Waals surface area (Å²) in [6.07, 6.45) is -1.68. The monoisotopic (exact) mass is 548 g/mol. The van der Waals surface area contributed by atoms with Gasteiger partial charge in [-0.05, 0) is 43.3 Å². The summed E-state index contributed by atoms with van der Waals surface area (Å²) in [4.78, 5) is 24.1. The Labute approximate surface area is 213 Å². The highest BCUT2D eigenvalue weighted by Crippen LogP contribution is 2.34. The minimum Gasteiger partial charge on any atom is -0.462 e. The van der Waals surface area contributed by atoms with Crippen LogP contribution in [-0.4, -0.2) is 57.9 Å². The highest BCUT2D eigenvalue weighted by molar-refractivity contribution is 7.89. The fourth-order valence-corrected chi connectivity index (χ4v) is 3.95. The highest BCUT2D eigenvalue weighted by Gasteiger charge is 2.41. The molecule has 0 aliphatic heterocycles. The largest absolute Gasteiger partial charge is 0.462 e. The van der Waals surface area contributed by atoms with Crippen LogP contribution in [0.2, 0.25) is 0 Å². The molecule has 1 N–H and O–H groups in total. The van der Waals surface area contributed by atoms with Gasteiger partial charge in [-0.2, -0.15) is 18.3 Å². The maximum atomic E-state index is 13.8. The lowest BCUT2D eigenvalue weighted by molar-refractivity contribution is -0.143. The van der Waals surface area contributed by atoms with Crippen LogP contribution in [-0.2, 0) is 20.9 Å². The molecule has 0 radical (unpaired) electrons. The molecule has 15 heteroatoms. The van der Waals surface area contributed by atoms with Crippen LogP contribution in [0.4, 0.5) is 13.2 Å². The van der Waals surface area contributed by atoms with Crippen molar-refractivity contribution in [2.75, 3.05) is 12.9 Å². The van der Waals surface area contributed by atoms with Gasteiger partial charge in [0.25, 0.3) is 5.91 Å². The molecule has 0 saturated carbocycles. The summed E-state index contributed by atoms with van der Waals surface area (Å²) in [7, 11) is -3.74. The third kappa shape index (κ3) is 5.72. The minimum atomic E-state index is -4.87. The molecule has 2 heterocycles. The second-order valence-electron chi connectivity index (χ2n) is 7.89. The van der Waals surface area contributed by atoms with E-state index in [-0.39, 0.29) is 17.9 Å². The molecule has 38 heavy (non-hydrogen) atoms. The molecule has 0 aliphatic rings. The lowest BCUT2D eigenvalue weighted by atomic mass is 10.1. The van der Waals surface area contributed by atoms with Crippen molar-refractivity contribution < 1.29 is 35.9 Å². The molecule has 0 aliphatic carbocycles. The van der Waals surface area contributed by atoms with Gasteiger partial charge in [0.05, 0.1) is 36.6 Å². The SMILES string of the molecule is CCOC(=O)c1cnn(-c2ccc(-n3cc(-c4cccc(C(=O)NS(C)(=O)=O)c4)nn3)cc2)c1C(F)(F)F. The van der Waals surface area contributed by atoms with Crippen molar-refractivity contribution in [2.24, 2.45) is 0 Å². The summed E-state index contributed by atoms with van der Waals surface area (Å²) >= 11 is 0. The van der Waals surface area contributed by atoms with Gasteiger partial charge in [-0.1, -0.05) is 17.3 Å². The normalized spacial score (nSPS) is 11.8. The Bertz CT molecular complexity index is 1610. The summed E-state index contributed by atoms with van der Waals surface area (Å²) in [5, 5.41) is 11.8. The van der Waals surface area contributed by atoms with E-state index in [1.807, 2.05) is 4.72 Å². The van der Waals surface area contributed by atoms with Crippen molar-refractivity contribution in [3.8, 4) is 22.6 Å². The lowest BCUT2D eigenvalue weighted by Gasteiger charge is -2.12. The molecular weight excluding hydrogens is 529 g/mol. The van der Waals surface area contributed by atoms with Gasteiger partial charge in [-0.15, -0.1) is 5.10 Å². The van der Waals surface area contributed by atoms with E-state index < -0.39 is 39.3 Å². The number of carbonyl (C=O) groups excluding carboxylic acids is 2. The van der Waals surface area contributed by atoms with Gasteiger partial charge in [-0.25, -0.2) is 27.3 Å². The summed E-state index contributed by atoms with van der Waals surface area (Å²) in [6, 6.07) is 11.8. The molecule has 2 aromatic carbocycles. The average molecular weight is 549 g/mol. The second kappa shape index (κ2) is 10.1. The van der Waals surface area contributed by atoms with Crippen LogP contribution < -0.4 is 4.72 Å². The maximum Gasteiger partial charge on any atom is 0.434 e. The van der Waals surface area contributed by atoms with E-state index in [4.69, 9.17) is 4.74 Å². The predicted molar refractivity (Wildman–Crippen MR) is 127 cm³/mol. The van der Waals surface area contributed by atoms with Crippen molar-refractivity contribution in [1.82, 2.24) is 29.5 Å². The Morgan fingerprint density at radius 2 is 1.76 bits per heavy atom. The van der Waals surface area contributed by atoms with Crippen LogP contribution in [0, 0.1) is 0 Å². The molecule has 0 unspecified atom stereocenters. The van der Waals surface area contributed by atoms with Gasteiger partial charge in [0, 0.05) is 11.1 Å². The van der Waals surface area contributed by atoms with Crippen molar-refractivity contribution in [3.05, 3.63) is 77.7 Å². The zero-order chi connectivity index (χ0) is 27.7. The Morgan fingerprint density at radius 1 is 1.08 bits per heavy atom. The zero-order valence-corrected chi connectivity index (χ0v) is 20.6. The summed E-state index contributed by atoms with van der Waals surface area (Å²) in [5.41, 5.74) is -0.538. The first-order valence-electron chi connectivity index (χ1n) is 10.9. The van der Waals surface area contributed by atoms with Crippen molar-refractivity contribution in [3.63, 3.8) is 0 Å². The number of aromatic nitrogens is 5. The fraction of sp³-hybridized carbons (Fsp3) is 0.174. The number of ether oxygens (including phenoxy) is 1. The van der Waals surface area contributed by atoms with Crippen LogP contribution >= 0.6 is 0 Å². The number of amides is 1. The first-order chi connectivity index (χ1) is 17.9. The standard InChI is InChI=1S/C23H19F3N6O5S/c1-3-37-22(34)18-12-27-32(20(18)23(24,25)26)17-9-7-16(8-10-17)31-13-19(28-30-31)14-5-4-6-15(11-14)21(33)29-38(2,35)36/h4-13H,3H2,1-2H3,(H,29,33). The molecule has 0 bridgehead atoms. The van der Waals surface area contributed by atoms with Gasteiger partial charge in [0.2, 0.25) is 10.0 Å². The fourth-order valence-electron chi connectivity index (χ4n) is 3.49. The molecule has 0 atom stereocenters. The number of hydrogen-bond donors (Lipinski definition) is 1. The molecule has 0 spiro atoms. The van der Waals surface area contributed by atoms with Gasteiger partial charge in [-0.3, -0.25) is 4.79 Å². The molecule has 2 aromatic heterocycles. The Balaban J connectivity index is 1.61. The van der Waals surface area contributed by atoms with E-state index >= 15 is 0 Å². The molecule has 1 amide bonds. The van der Waals surface area contributed by atoms with Crippen LogP contribution in [0.15, 0.2) is 60.9 Å². The number of halogens is 3. The molecule has 4 rings (SSSR count). The van der Waals surface area contributed by atoms with Crippen LogP contribution in [0.5, 0.6) is 0 Å². The zero-order valence-electron chi connectivity index (χ0n) is 19.8. The van der Waals surface area contributed by atoms with Crippen molar-refractivity contribution >= 4 is 21.9 Å². The molecule has 0 saturated heterocycles. The van der Waals surface area contributed by atoms with Gasteiger partial charge >= 0.3 is 12.1 Å². The first-order valence-corrected chi connectivity index (χ1v) is 12.7. The third-order valence-corrected chi connectivity index (χ3v) is 5.64. The highest BCUT2D eigenvalue weighted by atomic mass is 32.2. The lowest BCUT2D eigenvalue weighted by Crippen LogP contribution is -2.29. The summed E-state index contributed by atoms with van der Waals surface area (Å²) in [5.74, 6) is -1.93. The minimum absolute atomic E-state index is 0.0431. The quantitative estimate of drug-likeness (QED) is 0.348. The van der Waals surface area contributed by atoms with E-state index in [0.717, 1.165) is 12.5 Å². The topological polar surface area (TPSA) is 138 Å². The Kier molecular flexibility index (Phi) is 7.04. The van der Waals surface area contributed by atoms with Crippen LogP contribution in [0.1, 0.15) is 33.3 Å². The average Bonchev–Trinajstić information content (AvgIpc) is 3.51. The van der Waals surface area contributed by atoms with E-state index in [1.165, 1.54) is 54.2 Å². The van der Waals surface area contributed by atoms with Crippen LogP contribution in [0.25, 0.3) is 22.6 Å². The number of nitrogens with zero attached hydrogens (tertiary/aromatic N) is 5. The molecule has 11 nitrogen and oxygen atoms in total. The molecule has 0 fully saturated rings. The van der Waals surface area contributed by atoms with Crippen molar-refractivity contribution in [2.45, 2.75) is 13.1 Å². The predicted octanol–water partition coefficient (Wildman–Crippen LogP) is 3.00. The van der Waals surface area contributed by atoms with Crippen molar-refractivity contribution in [1.29, 1.82) is 0 Å².